The highest BCUT2D eigenvalue weighted by atomic mass is 16.5. The van der Waals surface area contributed by atoms with Crippen LogP contribution in [-0.4, -0.2) is 32.2 Å². The van der Waals surface area contributed by atoms with Crippen LogP contribution in [0.25, 0.3) is 0 Å². The molecule has 0 unspecified atom stereocenters. The maximum absolute atomic E-state index is 12.0. The van der Waals surface area contributed by atoms with Gasteiger partial charge in [-0.2, -0.15) is 0 Å². The van der Waals surface area contributed by atoms with Crippen molar-refractivity contribution in [3.63, 3.8) is 0 Å². The molecule has 132 valence electrons. The lowest BCUT2D eigenvalue weighted by Gasteiger charge is -2.25. The van der Waals surface area contributed by atoms with Gasteiger partial charge in [-0.1, -0.05) is 30.3 Å². The van der Waals surface area contributed by atoms with Crippen molar-refractivity contribution in [2.24, 2.45) is 0 Å². The molecule has 1 heterocycles. The van der Waals surface area contributed by atoms with Crippen LogP contribution in [0.4, 0.5) is 4.79 Å². The first kappa shape index (κ1) is 18.0. The van der Waals surface area contributed by atoms with Crippen LogP contribution in [0.3, 0.4) is 0 Å². The Morgan fingerprint density at radius 3 is 2.52 bits per heavy atom. The lowest BCUT2D eigenvalue weighted by atomic mass is 10.0. The number of aromatic hydroxyl groups is 1. The van der Waals surface area contributed by atoms with E-state index >= 15 is 0 Å². The van der Waals surface area contributed by atoms with Crippen molar-refractivity contribution in [3.8, 4) is 5.75 Å². The summed E-state index contributed by atoms with van der Waals surface area (Å²) in [5.41, 5.74) is -2.27. The van der Waals surface area contributed by atoms with E-state index in [0.29, 0.717) is 0 Å². The number of H-pyrrole nitrogens is 1. The number of nitrogens with zero attached hydrogens (tertiary/aromatic N) is 1. The number of hydrogen-bond acceptors (Lipinski definition) is 6. The van der Waals surface area contributed by atoms with Gasteiger partial charge in [0.2, 0.25) is 5.75 Å². The molecule has 0 bridgehead atoms. The number of benzene rings is 1. The third-order valence-electron chi connectivity index (χ3n) is 3.32. The lowest BCUT2D eigenvalue weighted by Crippen LogP contribution is -2.43. The van der Waals surface area contributed by atoms with Gasteiger partial charge < -0.3 is 25.3 Å². The van der Waals surface area contributed by atoms with Gasteiger partial charge in [0.05, 0.1) is 5.54 Å². The largest absolute Gasteiger partial charge is 0.501 e. The number of hydrogen-bond donors (Lipinski definition) is 4. The first-order valence-electron chi connectivity index (χ1n) is 7.26. The second-order valence-electron chi connectivity index (χ2n) is 5.73. The van der Waals surface area contributed by atoms with Crippen molar-refractivity contribution >= 4 is 12.1 Å². The number of carbonyl (C=O) groups is 2. The summed E-state index contributed by atoms with van der Waals surface area (Å²) in [7, 11) is 0. The third kappa shape index (κ3) is 4.34. The zero-order chi connectivity index (χ0) is 18.6. The topological polar surface area (TPSA) is 142 Å². The summed E-state index contributed by atoms with van der Waals surface area (Å²) < 4.78 is 5.08. The molecule has 0 aliphatic rings. The molecule has 0 radical (unpaired) electrons. The Labute approximate surface area is 142 Å². The molecule has 1 aromatic heterocycles. The molecule has 0 fully saturated rings. The van der Waals surface area contributed by atoms with Gasteiger partial charge >= 0.3 is 12.1 Å². The van der Waals surface area contributed by atoms with E-state index in [1.54, 1.807) is 24.3 Å². The minimum absolute atomic E-state index is 0.0443. The number of rotatable bonds is 5. The fourth-order valence-electron chi connectivity index (χ4n) is 1.99. The number of alkyl carbamates (subject to hydrolysis) is 1. The quantitative estimate of drug-likeness (QED) is 0.639. The highest BCUT2D eigenvalue weighted by Gasteiger charge is 2.29. The molecule has 4 N–H and O–H groups in total. The predicted molar refractivity (Wildman–Crippen MR) is 86.3 cm³/mol. The lowest BCUT2D eigenvalue weighted by molar-refractivity contribution is 0.0685. The van der Waals surface area contributed by atoms with Crippen molar-refractivity contribution in [1.82, 2.24) is 15.3 Å². The van der Waals surface area contributed by atoms with Crippen LogP contribution in [0.2, 0.25) is 0 Å². The Morgan fingerprint density at radius 1 is 1.28 bits per heavy atom. The third-order valence-corrected chi connectivity index (χ3v) is 3.32. The number of amides is 1. The molecule has 0 aliphatic carbocycles. The van der Waals surface area contributed by atoms with E-state index in [9.17, 15) is 19.5 Å². The number of carbonyl (C=O) groups excluding carboxylic acids is 1. The first-order valence-corrected chi connectivity index (χ1v) is 7.26. The fraction of sp³-hybridized carbons (Fsp3) is 0.250. The average molecular weight is 347 g/mol. The number of aromatic carboxylic acids is 1. The Morgan fingerprint density at radius 2 is 1.92 bits per heavy atom. The van der Waals surface area contributed by atoms with E-state index < -0.39 is 34.6 Å². The predicted octanol–water partition coefficient (Wildman–Crippen LogP) is 1.34. The Kier molecular flexibility index (Phi) is 5.06. The van der Waals surface area contributed by atoms with Gasteiger partial charge in [-0.15, -0.1) is 0 Å². The van der Waals surface area contributed by atoms with Crippen molar-refractivity contribution in [1.29, 1.82) is 0 Å². The number of aromatic nitrogens is 2. The number of nitrogens with one attached hydrogen (secondary N) is 2. The number of carboxylic acid groups (broad SMARTS) is 1. The van der Waals surface area contributed by atoms with Crippen LogP contribution in [-0.2, 0) is 16.9 Å². The summed E-state index contributed by atoms with van der Waals surface area (Å²) in [5, 5.41) is 20.9. The zero-order valence-corrected chi connectivity index (χ0v) is 13.6. The first-order chi connectivity index (χ1) is 11.7. The highest BCUT2D eigenvalue weighted by Crippen LogP contribution is 2.18. The summed E-state index contributed by atoms with van der Waals surface area (Å²) in [6.07, 6.45) is -0.776. The smallest absolute Gasteiger partial charge is 0.408 e. The second kappa shape index (κ2) is 7.04. The second-order valence-corrected chi connectivity index (χ2v) is 5.73. The van der Waals surface area contributed by atoms with E-state index in [2.05, 4.69) is 15.3 Å². The maximum Gasteiger partial charge on any atom is 0.408 e. The van der Waals surface area contributed by atoms with Crippen LogP contribution in [0.5, 0.6) is 5.75 Å². The van der Waals surface area contributed by atoms with Gasteiger partial charge in [0.1, 0.15) is 12.4 Å². The van der Waals surface area contributed by atoms with E-state index in [0.717, 1.165) is 5.56 Å². The molecule has 0 aliphatic heterocycles. The minimum Gasteiger partial charge on any atom is -0.501 e. The van der Waals surface area contributed by atoms with Gasteiger partial charge in [0.15, 0.2) is 5.69 Å². The van der Waals surface area contributed by atoms with Gasteiger partial charge in [-0.05, 0) is 19.4 Å². The van der Waals surface area contributed by atoms with E-state index in [4.69, 9.17) is 9.84 Å². The molecule has 2 aromatic rings. The fourth-order valence-corrected chi connectivity index (χ4v) is 1.99. The van der Waals surface area contributed by atoms with Gasteiger partial charge in [0, 0.05) is 0 Å². The molecule has 0 saturated heterocycles. The SMILES string of the molecule is CC(C)(NC(=O)OCc1ccccc1)c1nc(C(=O)O)c(O)c(=O)[nH]1. The Bertz CT molecular complexity index is 845. The minimum atomic E-state index is -1.56. The number of ether oxygens (including phenoxy) is 1. The molecule has 1 amide bonds. The van der Waals surface area contributed by atoms with Crippen LogP contribution in [0.15, 0.2) is 35.1 Å². The summed E-state index contributed by atoms with van der Waals surface area (Å²) in [6.45, 7) is 3.04. The standard InChI is InChI=1S/C16H17N3O6/c1-16(2,14-17-10(13(22)23)11(20)12(21)18-14)19-15(24)25-8-9-6-4-3-5-7-9/h3-7,20H,8H2,1-2H3,(H,19,24)(H,22,23)(H,17,18,21). The molecule has 0 atom stereocenters. The van der Waals surface area contributed by atoms with Crippen molar-refractivity contribution in [2.45, 2.75) is 26.0 Å². The molecular formula is C16H17N3O6. The average Bonchev–Trinajstić information content (AvgIpc) is 2.55. The monoisotopic (exact) mass is 347 g/mol. The Hall–Kier alpha value is -3.36. The van der Waals surface area contributed by atoms with E-state index in [1.807, 2.05) is 6.07 Å². The summed E-state index contributed by atoms with van der Waals surface area (Å²) in [4.78, 5) is 40.6. The molecule has 25 heavy (non-hydrogen) atoms. The van der Waals surface area contributed by atoms with Crippen molar-refractivity contribution < 1.29 is 24.5 Å². The van der Waals surface area contributed by atoms with Gasteiger partial charge in [0.25, 0.3) is 5.56 Å². The molecule has 2 rings (SSSR count). The normalized spacial score (nSPS) is 11.0. The number of carboxylic acids is 1. The summed E-state index contributed by atoms with van der Waals surface area (Å²) in [6, 6.07) is 9.02. The van der Waals surface area contributed by atoms with Crippen LogP contribution >= 0.6 is 0 Å². The highest BCUT2D eigenvalue weighted by molar-refractivity contribution is 5.88. The molecule has 0 spiro atoms. The van der Waals surface area contributed by atoms with Gasteiger partial charge in [-0.3, -0.25) is 4.79 Å². The van der Waals surface area contributed by atoms with E-state index in [-0.39, 0.29) is 12.4 Å². The molecule has 0 saturated carbocycles. The van der Waals surface area contributed by atoms with Crippen LogP contribution < -0.4 is 10.9 Å². The molecule has 9 heteroatoms. The number of aromatic amines is 1. The molecule has 9 nitrogen and oxygen atoms in total. The van der Waals surface area contributed by atoms with E-state index in [1.165, 1.54) is 13.8 Å². The van der Waals surface area contributed by atoms with Crippen molar-refractivity contribution in [2.75, 3.05) is 0 Å². The van der Waals surface area contributed by atoms with Gasteiger partial charge in [-0.25, -0.2) is 14.6 Å². The molecular weight excluding hydrogens is 330 g/mol. The maximum atomic E-state index is 12.0. The van der Waals surface area contributed by atoms with Crippen LogP contribution in [0, 0.1) is 0 Å². The van der Waals surface area contributed by atoms with Crippen LogP contribution in [0.1, 0.15) is 35.7 Å². The Balaban J connectivity index is 2.14. The molecule has 1 aromatic carbocycles. The zero-order valence-electron chi connectivity index (χ0n) is 13.6. The summed E-state index contributed by atoms with van der Waals surface area (Å²) in [5.74, 6) is -2.70. The van der Waals surface area contributed by atoms with Crippen molar-refractivity contribution in [3.05, 3.63) is 57.8 Å². The summed E-state index contributed by atoms with van der Waals surface area (Å²) >= 11 is 0.